The highest BCUT2D eigenvalue weighted by molar-refractivity contribution is 5.83. The van der Waals surface area contributed by atoms with E-state index in [1.807, 2.05) is 0 Å². The van der Waals surface area contributed by atoms with Crippen molar-refractivity contribution in [2.45, 2.75) is 19.3 Å². The lowest BCUT2D eigenvalue weighted by Gasteiger charge is -2.15. The largest absolute Gasteiger partial charge is 0.469 e. The number of pyridine rings is 1. The van der Waals surface area contributed by atoms with Crippen LogP contribution in [0.2, 0.25) is 0 Å². The lowest BCUT2D eigenvalue weighted by Crippen LogP contribution is -2.23. The number of nitrogens with one attached hydrogen (secondary N) is 3. The van der Waals surface area contributed by atoms with Crippen molar-refractivity contribution in [3.63, 3.8) is 0 Å². The summed E-state index contributed by atoms with van der Waals surface area (Å²) in [6.45, 7) is 1.82. The predicted octanol–water partition coefficient (Wildman–Crippen LogP) is 1.28. The molecular weight excluding hydrogens is 354 g/mol. The molecule has 0 radical (unpaired) electrons. The van der Waals surface area contributed by atoms with Gasteiger partial charge in [-0.3, -0.25) is 19.5 Å². The van der Waals surface area contributed by atoms with Gasteiger partial charge in [0.05, 0.1) is 19.0 Å². The number of aromatic nitrogens is 3. The molecule has 2 aromatic heterocycles. The molecule has 4 rings (SSSR count). The van der Waals surface area contributed by atoms with Crippen LogP contribution in [0.25, 0.3) is 10.9 Å². The quantitative estimate of drug-likeness (QED) is 0.593. The van der Waals surface area contributed by atoms with Crippen LogP contribution in [0.1, 0.15) is 29.2 Å². The first-order valence-electron chi connectivity index (χ1n) is 8.28. The average Bonchev–Trinajstić information content (AvgIpc) is 3.23. The first kappa shape index (κ1) is 17.0. The van der Waals surface area contributed by atoms with E-state index in [4.69, 9.17) is 14.2 Å². The number of methoxy groups -OCH3 is 1. The molecule has 0 unspecified atom stereocenters. The second-order valence-corrected chi connectivity index (χ2v) is 6.30. The van der Waals surface area contributed by atoms with E-state index < -0.39 is 17.4 Å². The maximum absolute atomic E-state index is 12.8. The van der Waals surface area contributed by atoms with Gasteiger partial charge in [0, 0.05) is 34.2 Å². The zero-order valence-corrected chi connectivity index (χ0v) is 14.7. The number of aryl methyl sites for hydroxylation is 1. The van der Waals surface area contributed by atoms with Crippen LogP contribution in [0.4, 0.5) is 0 Å². The summed E-state index contributed by atoms with van der Waals surface area (Å²) in [7, 11) is 1.26. The summed E-state index contributed by atoms with van der Waals surface area (Å²) < 4.78 is 15.5. The van der Waals surface area contributed by atoms with E-state index in [0.717, 1.165) is 0 Å². The van der Waals surface area contributed by atoms with E-state index >= 15 is 0 Å². The van der Waals surface area contributed by atoms with Crippen LogP contribution < -0.4 is 20.6 Å². The molecule has 0 bridgehead atoms. The zero-order chi connectivity index (χ0) is 19.1. The summed E-state index contributed by atoms with van der Waals surface area (Å²) in [6, 6.07) is 5.10. The van der Waals surface area contributed by atoms with Crippen LogP contribution in [0, 0.1) is 6.92 Å². The van der Waals surface area contributed by atoms with Crippen molar-refractivity contribution < 1.29 is 19.0 Å². The predicted molar refractivity (Wildman–Crippen MR) is 95.3 cm³/mol. The molecule has 0 saturated carbocycles. The molecule has 0 saturated heterocycles. The number of carbonyl (C=O) groups is 1. The Bertz CT molecular complexity index is 1160. The van der Waals surface area contributed by atoms with E-state index in [-0.39, 0.29) is 18.8 Å². The monoisotopic (exact) mass is 371 g/mol. The van der Waals surface area contributed by atoms with E-state index in [0.29, 0.717) is 39.2 Å². The Balaban J connectivity index is 1.91. The normalized spacial score (nSPS) is 13.7. The van der Waals surface area contributed by atoms with E-state index in [2.05, 4.69) is 15.2 Å². The van der Waals surface area contributed by atoms with Crippen molar-refractivity contribution in [2.24, 2.45) is 0 Å². The summed E-state index contributed by atoms with van der Waals surface area (Å²) in [4.78, 5) is 39.8. The molecule has 0 aliphatic carbocycles. The highest BCUT2D eigenvalue weighted by Gasteiger charge is 2.27. The molecule has 1 atom stereocenters. The summed E-state index contributed by atoms with van der Waals surface area (Å²) in [6.07, 6.45) is -0.141. The summed E-state index contributed by atoms with van der Waals surface area (Å²) >= 11 is 0. The fourth-order valence-electron chi connectivity index (χ4n) is 3.36. The van der Waals surface area contributed by atoms with Crippen molar-refractivity contribution in [2.75, 3.05) is 13.9 Å². The molecule has 9 nitrogen and oxygen atoms in total. The molecule has 27 heavy (non-hydrogen) atoms. The van der Waals surface area contributed by atoms with Gasteiger partial charge in [0.2, 0.25) is 6.79 Å². The molecule has 0 amide bonds. The molecule has 9 heteroatoms. The molecular formula is C18H17N3O6. The van der Waals surface area contributed by atoms with E-state index in [9.17, 15) is 14.4 Å². The fourth-order valence-corrected chi connectivity index (χ4v) is 3.36. The Morgan fingerprint density at radius 1 is 1.15 bits per heavy atom. The van der Waals surface area contributed by atoms with Crippen LogP contribution in [0.15, 0.2) is 27.8 Å². The van der Waals surface area contributed by atoms with Gasteiger partial charge in [0.1, 0.15) is 0 Å². The number of aromatic amines is 3. The van der Waals surface area contributed by atoms with Gasteiger partial charge in [-0.1, -0.05) is 0 Å². The average molecular weight is 371 g/mol. The van der Waals surface area contributed by atoms with Crippen molar-refractivity contribution >= 4 is 16.9 Å². The molecule has 3 aromatic rings. The van der Waals surface area contributed by atoms with E-state index in [1.165, 1.54) is 7.11 Å². The topological polar surface area (TPSA) is 126 Å². The lowest BCUT2D eigenvalue weighted by atomic mass is 9.88. The van der Waals surface area contributed by atoms with Crippen LogP contribution in [-0.4, -0.2) is 35.1 Å². The van der Waals surface area contributed by atoms with Gasteiger partial charge in [0.15, 0.2) is 11.5 Å². The Kier molecular flexibility index (Phi) is 3.98. The number of carbonyl (C=O) groups excluding carboxylic acids is 1. The summed E-state index contributed by atoms with van der Waals surface area (Å²) in [5.41, 5.74) is 0.969. The van der Waals surface area contributed by atoms with Gasteiger partial charge in [-0.05, 0) is 19.1 Å². The van der Waals surface area contributed by atoms with Gasteiger partial charge >= 0.3 is 5.97 Å². The molecule has 140 valence electrons. The highest BCUT2D eigenvalue weighted by Crippen LogP contribution is 2.36. The zero-order valence-electron chi connectivity index (χ0n) is 14.7. The first-order valence-corrected chi connectivity index (χ1v) is 8.28. The number of hydrogen-bond acceptors (Lipinski definition) is 6. The first-order chi connectivity index (χ1) is 13.0. The second kappa shape index (κ2) is 6.35. The number of fused-ring (bicyclic) bond motifs is 2. The SMILES string of the molecule is COC(=O)C[C@H](c1cc2cc3c(cc2[nH]c1=O)OCO3)c1c(C)[nH][nH]c1=O. The number of ether oxygens (including phenoxy) is 3. The Labute approximate surface area is 152 Å². The Morgan fingerprint density at radius 3 is 2.56 bits per heavy atom. The van der Waals surface area contributed by atoms with Crippen LogP contribution in [0.3, 0.4) is 0 Å². The fraction of sp³-hybridized carbons (Fsp3) is 0.278. The maximum Gasteiger partial charge on any atom is 0.306 e. The van der Waals surface area contributed by atoms with Gasteiger partial charge in [-0.15, -0.1) is 0 Å². The van der Waals surface area contributed by atoms with Crippen molar-refractivity contribution in [3.8, 4) is 11.5 Å². The van der Waals surface area contributed by atoms with E-state index in [1.54, 1.807) is 25.1 Å². The molecule has 3 N–H and O–H groups in total. The molecule has 0 spiro atoms. The molecule has 3 heterocycles. The summed E-state index contributed by atoms with van der Waals surface area (Å²) in [5, 5.41) is 5.92. The number of benzene rings is 1. The van der Waals surface area contributed by atoms with Crippen molar-refractivity contribution in [1.29, 1.82) is 0 Å². The lowest BCUT2D eigenvalue weighted by molar-refractivity contribution is -0.140. The Morgan fingerprint density at radius 2 is 1.89 bits per heavy atom. The maximum atomic E-state index is 12.8. The minimum atomic E-state index is -0.758. The van der Waals surface area contributed by atoms with Crippen LogP contribution in [-0.2, 0) is 9.53 Å². The van der Waals surface area contributed by atoms with Gasteiger partial charge < -0.3 is 24.3 Å². The standard InChI is InChI=1S/C18H17N3O6/c1-8-16(18(24)21-20-8)10(5-15(22)25-2)11-3-9-4-13-14(27-7-26-13)6-12(9)19-17(11)23/h3-4,6,10H,5,7H2,1-2H3,(H,19,23)(H2,20,21,24)/t10-/m1/s1. The summed E-state index contributed by atoms with van der Waals surface area (Å²) in [5.74, 6) is -0.160. The van der Waals surface area contributed by atoms with Gasteiger partial charge in [-0.25, -0.2) is 0 Å². The minimum Gasteiger partial charge on any atom is -0.469 e. The second-order valence-electron chi connectivity index (χ2n) is 6.30. The third-order valence-electron chi connectivity index (χ3n) is 4.70. The number of esters is 1. The van der Waals surface area contributed by atoms with Crippen molar-refractivity contribution in [1.82, 2.24) is 15.2 Å². The third kappa shape index (κ3) is 2.86. The molecule has 0 fully saturated rings. The molecule has 1 aromatic carbocycles. The Hall–Kier alpha value is -3.49. The molecule has 1 aliphatic rings. The minimum absolute atomic E-state index is 0.117. The van der Waals surface area contributed by atoms with Crippen LogP contribution in [0.5, 0.6) is 11.5 Å². The third-order valence-corrected chi connectivity index (χ3v) is 4.70. The number of H-pyrrole nitrogens is 3. The smallest absolute Gasteiger partial charge is 0.306 e. The number of rotatable bonds is 4. The van der Waals surface area contributed by atoms with Crippen LogP contribution >= 0.6 is 0 Å². The van der Waals surface area contributed by atoms with Gasteiger partial charge in [0.25, 0.3) is 11.1 Å². The molecule has 1 aliphatic heterocycles. The van der Waals surface area contributed by atoms with Crippen molar-refractivity contribution in [3.05, 3.63) is 55.7 Å². The van der Waals surface area contributed by atoms with Gasteiger partial charge in [-0.2, -0.15) is 0 Å². The highest BCUT2D eigenvalue weighted by atomic mass is 16.7. The number of hydrogen-bond donors (Lipinski definition) is 3.